The van der Waals surface area contributed by atoms with Crippen LogP contribution in [0.2, 0.25) is 0 Å². The van der Waals surface area contributed by atoms with Crippen LogP contribution < -0.4 is 0 Å². The summed E-state index contributed by atoms with van der Waals surface area (Å²) >= 11 is 1.08. The zero-order valence-corrected chi connectivity index (χ0v) is 12.5. The highest BCUT2D eigenvalue weighted by atomic mass is 32.1. The molecular formula is C13H13F3N4OS. The summed E-state index contributed by atoms with van der Waals surface area (Å²) in [6.07, 6.45) is 1.52. The highest BCUT2D eigenvalue weighted by Gasteiger charge is 2.41. The lowest BCUT2D eigenvalue weighted by Crippen LogP contribution is -2.40. The first kappa shape index (κ1) is 15.0. The average Bonchev–Trinajstić information content (AvgIpc) is 2.98. The minimum atomic E-state index is -4.39. The van der Waals surface area contributed by atoms with E-state index >= 15 is 0 Å². The SMILES string of the molecule is Cn1cc(-c2ncc(C(=O)N(CC(F)(F)F)C3CC3)s2)cn1. The topological polar surface area (TPSA) is 51.0 Å². The van der Waals surface area contributed by atoms with E-state index in [1.807, 2.05) is 0 Å². The summed E-state index contributed by atoms with van der Waals surface area (Å²) in [5, 5.41) is 4.58. The van der Waals surface area contributed by atoms with E-state index < -0.39 is 18.6 Å². The van der Waals surface area contributed by atoms with E-state index in [1.54, 1.807) is 24.1 Å². The Morgan fingerprint density at radius 2 is 2.18 bits per heavy atom. The van der Waals surface area contributed by atoms with Gasteiger partial charge in [0, 0.05) is 24.8 Å². The van der Waals surface area contributed by atoms with Crippen LogP contribution in [0.1, 0.15) is 22.5 Å². The molecule has 0 spiro atoms. The van der Waals surface area contributed by atoms with Crippen molar-refractivity contribution in [2.24, 2.45) is 7.05 Å². The van der Waals surface area contributed by atoms with Crippen molar-refractivity contribution in [2.75, 3.05) is 6.54 Å². The van der Waals surface area contributed by atoms with Crippen molar-refractivity contribution >= 4 is 17.2 Å². The van der Waals surface area contributed by atoms with Crippen LogP contribution in [0.15, 0.2) is 18.6 Å². The average molecular weight is 330 g/mol. The molecule has 1 fully saturated rings. The monoisotopic (exact) mass is 330 g/mol. The Hall–Kier alpha value is -1.90. The van der Waals surface area contributed by atoms with Crippen molar-refractivity contribution in [2.45, 2.75) is 25.1 Å². The van der Waals surface area contributed by atoms with Gasteiger partial charge in [-0.1, -0.05) is 0 Å². The van der Waals surface area contributed by atoms with E-state index in [-0.39, 0.29) is 10.9 Å². The Morgan fingerprint density at radius 3 is 2.73 bits per heavy atom. The third-order valence-electron chi connectivity index (χ3n) is 3.27. The number of thiazole rings is 1. The van der Waals surface area contributed by atoms with Crippen LogP contribution in [0.25, 0.3) is 10.6 Å². The summed E-state index contributed by atoms with van der Waals surface area (Å²) in [5.41, 5.74) is 0.736. The van der Waals surface area contributed by atoms with Crippen molar-refractivity contribution in [3.63, 3.8) is 0 Å². The van der Waals surface area contributed by atoms with Gasteiger partial charge >= 0.3 is 6.18 Å². The summed E-state index contributed by atoms with van der Waals surface area (Å²) in [4.78, 5) is 17.6. The zero-order valence-electron chi connectivity index (χ0n) is 11.7. The molecule has 0 N–H and O–H groups in total. The number of aryl methyl sites for hydroxylation is 1. The van der Waals surface area contributed by atoms with Crippen LogP contribution in [-0.4, -0.2) is 44.3 Å². The molecule has 3 rings (SSSR count). The minimum Gasteiger partial charge on any atom is -0.326 e. The zero-order chi connectivity index (χ0) is 15.9. The minimum absolute atomic E-state index is 0.218. The van der Waals surface area contributed by atoms with Gasteiger partial charge in [0.15, 0.2) is 0 Å². The van der Waals surface area contributed by atoms with Gasteiger partial charge in [-0.15, -0.1) is 11.3 Å². The van der Waals surface area contributed by atoms with E-state index in [1.165, 1.54) is 6.20 Å². The molecule has 0 bridgehead atoms. The van der Waals surface area contributed by atoms with Crippen molar-refractivity contribution in [1.29, 1.82) is 0 Å². The standard InChI is InChI=1S/C13H13F3N4OS/c1-19-6-8(4-18-19)11-17-5-10(22-11)12(21)20(9-2-3-9)7-13(14,15)16/h4-6,9H,2-3,7H2,1H3. The van der Waals surface area contributed by atoms with Gasteiger partial charge in [0.2, 0.25) is 0 Å². The molecule has 0 unspecified atom stereocenters. The predicted octanol–water partition coefficient (Wildman–Crippen LogP) is 2.71. The van der Waals surface area contributed by atoms with Gasteiger partial charge in [-0.05, 0) is 12.8 Å². The number of halogens is 3. The maximum Gasteiger partial charge on any atom is 0.406 e. The molecule has 1 aliphatic carbocycles. The van der Waals surface area contributed by atoms with Crippen molar-refractivity contribution in [3.8, 4) is 10.6 Å². The first-order valence-corrected chi connectivity index (χ1v) is 7.48. The second-order valence-electron chi connectivity index (χ2n) is 5.21. The fraction of sp³-hybridized carbons (Fsp3) is 0.462. The Labute approximate surface area is 128 Å². The second-order valence-corrected chi connectivity index (χ2v) is 6.24. The lowest BCUT2D eigenvalue weighted by atomic mass is 10.4. The van der Waals surface area contributed by atoms with Crippen LogP contribution in [0.4, 0.5) is 13.2 Å². The van der Waals surface area contributed by atoms with E-state index in [2.05, 4.69) is 10.1 Å². The molecule has 0 aromatic carbocycles. The van der Waals surface area contributed by atoms with Crippen LogP contribution in [0.3, 0.4) is 0 Å². The maximum atomic E-state index is 12.6. The molecule has 1 aliphatic rings. The Kier molecular flexibility index (Phi) is 3.67. The molecule has 9 heteroatoms. The number of carbonyl (C=O) groups is 1. The van der Waals surface area contributed by atoms with Gasteiger partial charge in [0.25, 0.3) is 5.91 Å². The molecule has 118 valence electrons. The number of hydrogen-bond acceptors (Lipinski definition) is 4. The van der Waals surface area contributed by atoms with Gasteiger partial charge in [0.1, 0.15) is 16.4 Å². The summed E-state index contributed by atoms with van der Waals surface area (Å²) in [5.74, 6) is -0.604. The Bertz CT molecular complexity index is 690. The maximum absolute atomic E-state index is 12.6. The normalized spacial score (nSPS) is 15.1. The first-order valence-electron chi connectivity index (χ1n) is 6.66. The molecule has 5 nitrogen and oxygen atoms in total. The molecule has 0 saturated heterocycles. The largest absolute Gasteiger partial charge is 0.406 e. The Morgan fingerprint density at radius 1 is 1.45 bits per heavy atom. The summed E-state index contributed by atoms with van der Waals surface area (Å²) < 4.78 is 39.5. The van der Waals surface area contributed by atoms with E-state index in [0.717, 1.165) is 21.8 Å². The van der Waals surface area contributed by atoms with Gasteiger partial charge in [-0.2, -0.15) is 18.3 Å². The van der Waals surface area contributed by atoms with E-state index in [0.29, 0.717) is 17.8 Å². The highest BCUT2D eigenvalue weighted by Crippen LogP contribution is 2.33. The molecular weight excluding hydrogens is 317 g/mol. The number of nitrogens with zero attached hydrogens (tertiary/aromatic N) is 4. The molecule has 2 aromatic rings. The highest BCUT2D eigenvalue weighted by molar-refractivity contribution is 7.16. The number of carbonyl (C=O) groups excluding carboxylic acids is 1. The summed E-state index contributed by atoms with van der Waals surface area (Å²) in [7, 11) is 1.75. The van der Waals surface area contributed by atoms with Crippen LogP contribution in [0.5, 0.6) is 0 Å². The molecule has 1 saturated carbocycles. The van der Waals surface area contributed by atoms with E-state index in [4.69, 9.17) is 0 Å². The first-order chi connectivity index (χ1) is 10.3. The molecule has 0 radical (unpaired) electrons. The molecule has 2 aromatic heterocycles. The van der Waals surface area contributed by atoms with Gasteiger partial charge in [-0.3, -0.25) is 9.48 Å². The third-order valence-corrected chi connectivity index (χ3v) is 4.30. The summed E-state index contributed by atoms with van der Waals surface area (Å²) in [6, 6.07) is -0.307. The lowest BCUT2D eigenvalue weighted by Gasteiger charge is -2.22. The van der Waals surface area contributed by atoms with Crippen LogP contribution in [0, 0.1) is 0 Å². The number of alkyl halides is 3. The number of amides is 1. The Balaban J connectivity index is 1.80. The fourth-order valence-corrected chi connectivity index (χ4v) is 2.97. The number of aromatic nitrogens is 3. The molecule has 0 atom stereocenters. The quantitative estimate of drug-likeness (QED) is 0.866. The van der Waals surface area contributed by atoms with E-state index in [9.17, 15) is 18.0 Å². The molecule has 1 amide bonds. The molecule has 22 heavy (non-hydrogen) atoms. The molecule has 0 aliphatic heterocycles. The lowest BCUT2D eigenvalue weighted by molar-refractivity contribution is -0.141. The van der Waals surface area contributed by atoms with Crippen molar-refractivity contribution in [3.05, 3.63) is 23.5 Å². The predicted molar refractivity (Wildman–Crippen MR) is 74.4 cm³/mol. The third kappa shape index (κ3) is 3.29. The number of hydrogen-bond donors (Lipinski definition) is 0. The fourth-order valence-electron chi connectivity index (χ4n) is 2.13. The second kappa shape index (κ2) is 5.38. The molecule has 2 heterocycles. The smallest absolute Gasteiger partial charge is 0.326 e. The van der Waals surface area contributed by atoms with Gasteiger partial charge in [-0.25, -0.2) is 4.98 Å². The van der Waals surface area contributed by atoms with Crippen molar-refractivity contribution < 1.29 is 18.0 Å². The number of rotatable bonds is 4. The summed E-state index contributed by atoms with van der Waals surface area (Å²) in [6.45, 7) is -1.21. The van der Waals surface area contributed by atoms with Crippen LogP contribution in [-0.2, 0) is 7.05 Å². The van der Waals surface area contributed by atoms with Gasteiger partial charge < -0.3 is 4.90 Å². The van der Waals surface area contributed by atoms with Crippen molar-refractivity contribution in [1.82, 2.24) is 19.7 Å². The van der Waals surface area contributed by atoms with Crippen LogP contribution >= 0.6 is 11.3 Å². The van der Waals surface area contributed by atoms with Gasteiger partial charge in [0.05, 0.1) is 12.4 Å².